The van der Waals surface area contributed by atoms with E-state index in [1.54, 1.807) is 19.3 Å². The summed E-state index contributed by atoms with van der Waals surface area (Å²) in [5.74, 6) is 0.318. The molecular weight excluding hydrogens is 390 g/mol. The highest BCUT2D eigenvalue weighted by Crippen LogP contribution is 2.23. The van der Waals surface area contributed by atoms with Crippen LogP contribution in [0, 0.1) is 19.8 Å². The Bertz CT molecular complexity index is 996. The van der Waals surface area contributed by atoms with Crippen LogP contribution in [-0.4, -0.2) is 50.6 Å². The summed E-state index contributed by atoms with van der Waals surface area (Å²) < 4.78 is 4.77. The summed E-state index contributed by atoms with van der Waals surface area (Å²) in [5, 5.41) is 7.62. The van der Waals surface area contributed by atoms with Crippen LogP contribution < -0.4 is 0 Å². The number of amides is 1. The predicted octanol–water partition coefficient (Wildman–Crippen LogP) is 3.64. The van der Waals surface area contributed by atoms with Crippen molar-refractivity contribution in [1.82, 2.24) is 25.1 Å². The molecule has 2 aromatic heterocycles. The first kappa shape index (κ1) is 21.2. The molecule has 7 heteroatoms. The zero-order valence-corrected chi connectivity index (χ0v) is 18.2. The van der Waals surface area contributed by atoms with Gasteiger partial charge < -0.3 is 4.90 Å². The molecule has 1 aliphatic heterocycles. The molecule has 0 spiro atoms. The molecule has 0 saturated carbocycles. The molecule has 0 aliphatic carbocycles. The molecule has 0 atom stereocenters. The predicted molar refractivity (Wildman–Crippen MR) is 117 cm³/mol. The summed E-state index contributed by atoms with van der Waals surface area (Å²) >= 11 is 0. The number of carbonyl (C=O) groups excluding carboxylic acids is 1. The number of piperidine rings is 1. The first-order chi connectivity index (χ1) is 15.1. The average molecular weight is 420 g/mol. The minimum atomic E-state index is -0.134. The van der Waals surface area contributed by atoms with Crippen LogP contribution in [0.4, 0.5) is 0 Å². The van der Waals surface area contributed by atoms with Gasteiger partial charge in [0, 0.05) is 32.0 Å². The molecule has 162 valence electrons. The Morgan fingerprint density at radius 2 is 1.94 bits per heavy atom. The van der Waals surface area contributed by atoms with Gasteiger partial charge in [-0.1, -0.05) is 35.5 Å². The Morgan fingerprint density at radius 3 is 2.61 bits per heavy atom. The molecule has 0 bridgehead atoms. The third kappa shape index (κ3) is 5.35. The summed E-state index contributed by atoms with van der Waals surface area (Å²) in [6.07, 6.45) is 5.68. The molecule has 1 amide bonds. The van der Waals surface area contributed by atoms with E-state index < -0.39 is 0 Å². The van der Waals surface area contributed by atoms with Crippen molar-refractivity contribution in [2.24, 2.45) is 5.92 Å². The second kappa shape index (κ2) is 9.83. The van der Waals surface area contributed by atoms with Gasteiger partial charge in [-0.3, -0.25) is 14.7 Å². The summed E-state index contributed by atoms with van der Waals surface area (Å²) in [6.45, 7) is 8.18. The van der Waals surface area contributed by atoms with Crippen LogP contribution in [-0.2, 0) is 13.1 Å². The lowest BCUT2D eigenvalue weighted by molar-refractivity contribution is 0.0660. The van der Waals surface area contributed by atoms with Crippen molar-refractivity contribution >= 4 is 5.91 Å². The molecule has 31 heavy (non-hydrogen) atoms. The molecule has 0 radical (unpaired) electrons. The fourth-order valence-corrected chi connectivity index (χ4v) is 4.17. The molecule has 1 saturated heterocycles. The summed E-state index contributed by atoms with van der Waals surface area (Å²) in [5.41, 5.74) is 4.55. The maximum atomic E-state index is 13.2. The van der Waals surface area contributed by atoms with E-state index in [4.69, 9.17) is 4.63 Å². The number of pyridine rings is 1. The average Bonchev–Trinajstić information content (AvgIpc) is 3.22. The Balaban J connectivity index is 1.40. The first-order valence-corrected chi connectivity index (χ1v) is 10.8. The van der Waals surface area contributed by atoms with Gasteiger partial charge in [0.1, 0.15) is 5.69 Å². The second-order valence-electron chi connectivity index (χ2n) is 8.39. The largest absolute Gasteiger partial charge is 0.332 e. The van der Waals surface area contributed by atoms with Crippen molar-refractivity contribution < 1.29 is 9.42 Å². The molecule has 0 unspecified atom stereocenters. The first-order valence-electron chi connectivity index (χ1n) is 10.8. The van der Waals surface area contributed by atoms with E-state index in [2.05, 4.69) is 51.4 Å². The molecular formula is C24H29N5O2. The molecule has 3 aromatic rings. The van der Waals surface area contributed by atoms with Gasteiger partial charge in [-0.2, -0.15) is 0 Å². The molecule has 0 N–H and O–H groups in total. The van der Waals surface area contributed by atoms with Crippen molar-refractivity contribution in [3.05, 3.63) is 76.9 Å². The van der Waals surface area contributed by atoms with E-state index in [1.165, 1.54) is 11.1 Å². The lowest BCUT2D eigenvalue weighted by atomic mass is 9.95. The third-order valence-electron chi connectivity index (χ3n) is 6.08. The molecule has 4 rings (SSSR count). The van der Waals surface area contributed by atoms with Gasteiger partial charge in [-0.15, -0.1) is 0 Å². The normalized spacial score (nSPS) is 15.2. The zero-order valence-electron chi connectivity index (χ0n) is 18.2. The Kier molecular flexibility index (Phi) is 6.72. The molecule has 7 nitrogen and oxygen atoms in total. The standard InChI is InChI=1S/C24H29N5O2/c1-18-6-3-4-8-22(18)17-28-12-9-20(10-13-28)15-29(16-21-7-5-11-25-14-21)24(30)23-19(2)26-31-27-23/h3-8,11,14,20H,9-10,12-13,15-17H2,1-2H3. The number of carbonyl (C=O) groups is 1. The van der Waals surface area contributed by atoms with Gasteiger partial charge >= 0.3 is 0 Å². The summed E-state index contributed by atoms with van der Waals surface area (Å²) in [7, 11) is 0. The van der Waals surface area contributed by atoms with Crippen LogP contribution in [0.1, 0.15) is 45.7 Å². The highest BCUT2D eigenvalue weighted by atomic mass is 16.6. The van der Waals surface area contributed by atoms with Gasteiger partial charge in [0.15, 0.2) is 5.69 Å². The van der Waals surface area contributed by atoms with E-state index in [0.717, 1.165) is 38.0 Å². The van der Waals surface area contributed by atoms with Crippen LogP contribution in [0.5, 0.6) is 0 Å². The monoisotopic (exact) mass is 419 g/mol. The molecule has 3 heterocycles. The number of rotatable bonds is 7. The van der Waals surface area contributed by atoms with E-state index in [0.29, 0.717) is 30.4 Å². The van der Waals surface area contributed by atoms with Gasteiger partial charge in [0.25, 0.3) is 5.91 Å². The van der Waals surface area contributed by atoms with Crippen LogP contribution in [0.25, 0.3) is 0 Å². The minimum Gasteiger partial charge on any atom is -0.332 e. The van der Waals surface area contributed by atoms with Gasteiger partial charge in [-0.25, -0.2) is 4.63 Å². The smallest absolute Gasteiger partial charge is 0.278 e. The van der Waals surface area contributed by atoms with Gasteiger partial charge in [0.05, 0.1) is 0 Å². The van der Waals surface area contributed by atoms with Crippen LogP contribution in [0.3, 0.4) is 0 Å². The van der Waals surface area contributed by atoms with Crippen molar-refractivity contribution in [1.29, 1.82) is 0 Å². The van der Waals surface area contributed by atoms with E-state index in [9.17, 15) is 4.79 Å². The fraction of sp³-hybridized carbons (Fsp3) is 0.417. The maximum Gasteiger partial charge on any atom is 0.278 e. The second-order valence-corrected chi connectivity index (χ2v) is 8.39. The Labute approximate surface area is 183 Å². The van der Waals surface area contributed by atoms with E-state index in [1.807, 2.05) is 17.0 Å². The number of likely N-dealkylation sites (tertiary alicyclic amines) is 1. The molecule has 1 aromatic carbocycles. The quantitative estimate of drug-likeness (QED) is 0.582. The van der Waals surface area contributed by atoms with E-state index >= 15 is 0 Å². The minimum absolute atomic E-state index is 0.134. The lowest BCUT2D eigenvalue weighted by Gasteiger charge is -2.35. The third-order valence-corrected chi connectivity index (χ3v) is 6.08. The summed E-state index contributed by atoms with van der Waals surface area (Å²) in [4.78, 5) is 21.7. The molecule has 1 aliphatic rings. The number of aromatic nitrogens is 3. The SMILES string of the molecule is Cc1ccccc1CN1CCC(CN(Cc2cccnc2)C(=O)c2nonc2C)CC1. The van der Waals surface area contributed by atoms with Crippen molar-refractivity contribution in [2.45, 2.75) is 39.8 Å². The number of benzene rings is 1. The van der Waals surface area contributed by atoms with Crippen molar-refractivity contribution in [3.63, 3.8) is 0 Å². The van der Waals surface area contributed by atoms with E-state index in [-0.39, 0.29) is 5.91 Å². The van der Waals surface area contributed by atoms with Crippen LogP contribution in [0.15, 0.2) is 53.4 Å². The van der Waals surface area contributed by atoms with Crippen molar-refractivity contribution in [3.8, 4) is 0 Å². The van der Waals surface area contributed by atoms with Gasteiger partial charge in [0.2, 0.25) is 0 Å². The fourth-order valence-electron chi connectivity index (χ4n) is 4.17. The van der Waals surface area contributed by atoms with Crippen molar-refractivity contribution in [2.75, 3.05) is 19.6 Å². The van der Waals surface area contributed by atoms with Crippen LogP contribution in [0.2, 0.25) is 0 Å². The lowest BCUT2D eigenvalue weighted by Crippen LogP contribution is -2.40. The number of aryl methyl sites for hydroxylation is 2. The number of nitrogens with zero attached hydrogens (tertiary/aromatic N) is 5. The highest BCUT2D eigenvalue weighted by Gasteiger charge is 2.27. The van der Waals surface area contributed by atoms with Gasteiger partial charge in [-0.05, 0) is 73.6 Å². The molecule has 1 fully saturated rings. The topological polar surface area (TPSA) is 75.4 Å². The Hall–Kier alpha value is -3.06. The number of hydrogen-bond acceptors (Lipinski definition) is 6. The summed E-state index contributed by atoms with van der Waals surface area (Å²) in [6, 6.07) is 12.5. The Morgan fingerprint density at radius 1 is 1.13 bits per heavy atom. The highest BCUT2D eigenvalue weighted by molar-refractivity contribution is 5.93. The number of hydrogen-bond donors (Lipinski definition) is 0. The van der Waals surface area contributed by atoms with Crippen LogP contribution >= 0.6 is 0 Å². The maximum absolute atomic E-state index is 13.2. The zero-order chi connectivity index (χ0) is 21.6.